The van der Waals surface area contributed by atoms with Crippen molar-refractivity contribution in [2.45, 2.75) is 45.6 Å². The standard InChI is InChI=1S/C18H24N2O4/c1-12-7-8-13(24-12)11-19(2)16(21)9-10-20-17(22)14-5-3-4-6-15(14)18(20)23/h7-8,14-15H,3-6,9-11H2,1-2H3/t14-,15+. The molecule has 2 atom stereocenters. The SMILES string of the molecule is Cc1ccc(CN(C)C(=O)CCN2C(=O)[C@H]3CCCC[C@H]3C2=O)o1. The summed E-state index contributed by atoms with van der Waals surface area (Å²) in [6, 6.07) is 3.70. The molecule has 0 radical (unpaired) electrons. The Bertz CT molecular complexity index is 627. The second kappa shape index (κ2) is 6.79. The third kappa shape index (κ3) is 3.23. The van der Waals surface area contributed by atoms with Crippen LogP contribution in [0, 0.1) is 18.8 Å². The molecule has 130 valence electrons. The van der Waals surface area contributed by atoms with Crippen LogP contribution in [0.15, 0.2) is 16.5 Å². The lowest BCUT2D eigenvalue weighted by Gasteiger charge is -2.19. The topological polar surface area (TPSA) is 70.8 Å². The second-order valence-electron chi connectivity index (χ2n) is 6.84. The van der Waals surface area contributed by atoms with Crippen LogP contribution < -0.4 is 0 Å². The lowest BCUT2D eigenvalue weighted by molar-refractivity contribution is -0.140. The number of imide groups is 1. The van der Waals surface area contributed by atoms with Crippen LogP contribution in [0.1, 0.15) is 43.6 Å². The van der Waals surface area contributed by atoms with Gasteiger partial charge in [0.05, 0.1) is 18.4 Å². The molecular weight excluding hydrogens is 308 g/mol. The van der Waals surface area contributed by atoms with Crippen LogP contribution in [0.4, 0.5) is 0 Å². The van der Waals surface area contributed by atoms with Crippen LogP contribution in [0.25, 0.3) is 0 Å². The fourth-order valence-corrected chi connectivity index (χ4v) is 3.74. The Balaban J connectivity index is 1.54. The van der Waals surface area contributed by atoms with Gasteiger partial charge in [0.15, 0.2) is 0 Å². The van der Waals surface area contributed by atoms with Gasteiger partial charge in [0.1, 0.15) is 11.5 Å². The summed E-state index contributed by atoms with van der Waals surface area (Å²) in [4.78, 5) is 39.9. The molecule has 1 aromatic rings. The van der Waals surface area contributed by atoms with Crippen LogP contribution in [0.5, 0.6) is 0 Å². The molecule has 0 bridgehead atoms. The number of hydrogen-bond acceptors (Lipinski definition) is 4. The third-order valence-corrected chi connectivity index (χ3v) is 5.10. The molecule has 0 aromatic carbocycles. The number of rotatable bonds is 5. The van der Waals surface area contributed by atoms with Crippen molar-refractivity contribution >= 4 is 17.7 Å². The quantitative estimate of drug-likeness (QED) is 0.774. The van der Waals surface area contributed by atoms with Gasteiger partial charge >= 0.3 is 0 Å². The number of fused-ring (bicyclic) bond motifs is 1. The van der Waals surface area contributed by atoms with Gasteiger partial charge in [-0.3, -0.25) is 19.3 Å². The Morgan fingerprint density at radius 2 is 1.83 bits per heavy atom. The second-order valence-corrected chi connectivity index (χ2v) is 6.84. The summed E-state index contributed by atoms with van der Waals surface area (Å²) in [5.74, 6) is 0.975. The summed E-state index contributed by atoms with van der Waals surface area (Å²) < 4.78 is 5.47. The fourth-order valence-electron chi connectivity index (χ4n) is 3.74. The maximum absolute atomic E-state index is 12.4. The zero-order valence-corrected chi connectivity index (χ0v) is 14.3. The van der Waals surface area contributed by atoms with E-state index in [1.54, 1.807) is 11.9 Å². The van der Waals surface area contributed by atoms with Crippen molar-refractivity contribution in [1.29, 1.82) is 0 Å². The van der Waals surface area contributed by atoms with Gasteiger partial charge in [0.25, 0.3) is 0 Å². The molecular formula is C18H24N2O4. The third-order valence-electron chi connectivity index (χ3n) is 5.10. The number of carbonyl (C=O) groups excluding carboxylic acids is 3. The largest absolute Gasteiger partial charge is 0.464 e. The lowest BCUT2D eigenvalue weighted by Crippen LogP contribution is -2.36. The number of nitrogens with zero attached hydrogens (tertiary/aromatic N) is 2. The molecule has 1 saturated carbocycles. The number of furan rings is 1. The Morgan fingerprint density at radius 3 is 2.38 bits per heavy atom. The minimum atomic E-state index is -0.148. The van der Waals surface area contributed by atoms with Crippen LogP contribution in [0.2, 0.25) is 0 Å². The highest BCUT2D eigenvalue weighted by Crippen LogP contribution is 2.37. The number of hydrogen-bond donors (Lipinski definition) is 0. The van der Waals surface area contributed by atoms with Gasteiger partial charge in [-0.05, 0) is 31.9 Å². The molecule has 2 heterocycles. The van der Waals surface area contributed by atoms with Crippen LogP contribution in [0.3, 0.4) is 0 Å². The average molecular weight is 332 g/mol. The first kappa shape index (κ1) is 16.7. The van der Waals surface area contributed by atoms with E-state index >= 15 is 0 Å². The predicted octanol–water partition coefficient (Wildman–Crippen LogP) is 2.11. The summed E-state index contributed by atoms with van der Waals surface area (Å²) >= 11 is 0. The van der Waals surface area contributed by atoms with E-state index in [4.69, 9.17) is 4.42 Å². The summed E-state index contributed by atoms with van der Waals surface area (Å²) in [5.41, 5.74) is 0. The highest BCUT2D eigenvalue weighted by atomic mass is 16.3. The highest BCUT2D eigenvalue weighted by Gasteiger charge is 2.47. The van der Waals surface area contributed by atoms with E-state index in [1.165, 1.54) is 4.90 Å². The molecule has 0 spiro atoms. The Labute approximate surface area is 141 Å². The zero-order valence-electron chi connectivity index (χ0n) is 14.3. The Hall–Kier alpha value is -2.11. The van der Waals surface area contributed by atoms with Crippen molar-refractivity contribution in [2.75, 3.05) is 13.6 Å². The maximum Gasteiger partial charge on any atom is 0.233 e. The molecule has 6 heteroatoms. The van der Waals surface area contributed by atoms with E-state index in [0.717, 1.165) is 37.2 Å². The van der Waals surface area contributed by atoms with Gasteiger partial charge in [-0.2, -0.15) is 0 Å². The Morgan fingerprint density at radius 1 is 1.21 bits per heavy atom. The molecule has 3 rings (SSSR count). The van der Waals surface area contributed by atoms with Crippen molar-refractivity contribution in [3.63, 3.8) is 0 Å². The molecule has 6 nitrogen and oxygen atoms in total. The highest BCUT2D eigenvalue weighted by molar-refractivity contribution is 6.05. The maximum atomic E-state index is 12.4. The molecule has 1 aliphatic carbocycles. The van der Waals surface area contributed by atoms with Crippen LogP contribution in [-0.4, -0.2) is 41.1 Å². The Kier molecular flexibility index (Phi) is 4.73. The van der Waals surface area contributed by atoms with Gasteiger partial charge < -0.3 is 9.32 Å². The van der Waals surface area contributed by atoms with Gasteiger partial charge in [-0.15, -0.1) is 0 Å². The molecule has 0 unspecified atom stereocenters. The molecule has 2 aliphatic rings. The van der Waals surface area contributed by atoms with Gasteiger partial charge in [-0.25, -0.2) is 0 Å². The number of amides is 3. The molecule has 1 saturated heterocycles. The van der Waals surface area contributed by atoms with Crippen molar-refractivity contribution in [1.82, 2.24) is 9.80 Å². The summed E-state index contributed by atoms with van der Waals surface area (Å²) in [6.07, 6.45) is 3.79. The first-order chi connectivity index (χ1) is 11.5. The van der Waals surface area contributed by atoms with Crippen LogP contribution in [-0.2, 0) is 20.9 Å². The first-order valence-electron chi connectivity index (χ1n) is 8.62. The normalized spacial score (nSPS) is 23.5. The predicted molar refractivity (Wildman–Crippen MR) is 86.7 cm³/mol. The smallest absolute Gasteiger partial charge is 0.233 e. The van der Waals surface area contributed by atoms with Gasteiger partial charge in [0, 0.05) is 20.0 Å². The first-order valence-corrected chi connectivity index (χ1v) is 8.62. The molecule has 3 amide bonds. The van der Waals surface area contributed by atoms with Crippen LogP contribution >= 0.6 is 0 Å². The average Bonchev–Trinajstić information content (AvgIpc) is 3.08. The molecule has 1 aromatic heterocycles. The van der Waals surface area contributed by atoms with Gasteiger partial charge in [-0.1, -0.05) is 12.8 Å². The lowest BCUT2D eigenvalue weighted by atomic mass is 9.81. The van der Waals surface area contributed by atoms with E-state index in [1.807, 2.05) is 19.1 Å². The van der Waals surface area contributed by atoms with E-state index in [9.17, 15) is 14.4 Å². The molecule has 24 heavy (non-hydrogen) atoms. The van der Waals surface area contributed by atoms with E-state index in [0.29, 0.717) is 6.54 Å². The summed E-state index contributed by atoms with van der Waals surface area (Å²) in [6.45, 7) is 2.43. The molecule has 1 aliphatic heterocycles. The number of carbonyl (C=O) groups is 3. The number of likely N-dealkylation sites (tertiary alicyclic amines) is 1. The number of aryl methyl sites for hydroxylation is 1. The van der Waals surface area contributed by atoms with Crippen molar-refractivity contribution in [3.8, 4) is 0 Å². The summed E-state index contributed by atoms with van der Waals surface area (Å²) in [5, 5.41) is 0. The minimum absolute atomic E-state index is 0.0817. The fraction of sp³-hybridized carbons (Fsp3) is 0.611. The zero-order chi connectivity index (χ0) is 17.3. The summed E-state index contributed by atoms with van der Waals surface area (Å²) in [7, 11) is 1.70. The molecule has 0 N–H and O–H groups in total. The minimum Gasteiger partial charge on any atom is -0.464 e. The van der Waals surface area contributed by atoms with Gasteiger partial charge in [0.2, 0.25) is 17.7 Å². The van der Waals surface area contributed by atoms with E-state index in [2.05, 4.69) is 0 Å². The monoisotopic (exact) mass is 332 g/mol. The van der Waals surface area contributed by atoms with Crippen molar-refractivity contribution in [2.24, 2.45) is 11.8 Å². The molecule has 2 fully saturated rings. The van der Waals surface area contributed by atoms with E-state index < -0.39 is 0 Å². The van der Waals surface area contributed by atoms with Crippen molar-refractivity contribution < 1.29 is 18.8 Å². The van der Waals surface area contributed by atoms with E-state index in [-0.39, 0.29) is 42.5 Å². The van der Waals surface area contributed by atoms with Crippen molar-refractivity contribution in [3.05, 3.63) is 23.7 Å².